The first-order valence-corrected chi connectivity index (χ1v) is 6.22. The summed E-state index contributed by atoms with van der Waals surface area (Å²) in [6.45, 7) is 2.08. The Bertz CT molecular complexity index is 325. The van der Waals surface area contributed by atoms with Crippen LogP contribution in [0.5, 0.6) is 0 Å². The number of carbonyl (C=O) groups excluding carboxylic acids is 1. The minimum atomic E-state index is -0.286. The van der Waals surface area contributed by atoms with Crippen molar-refractivity contribution in [2.24, 2.45) is 0 Å². The molecule has 0 aliphatic heterocycles. The Morgan fingerprint density at radius 2 is 2.13 bits per heavy atom. The fraction of sp³-hybridized carbons (Fsp3) is 0.417. The minimum absolute atomic E-state index is 0.0959. The summed E-state index contributed by atoms with van der Waals surface area (Å²) < 4.78 is 13.2. The molecule has 0 saturated heterocycles. The third-order valence-electron chi connectivity index (χ3n) is 1.96. The van der Waals surface area contributed by atoms with Crippen LogP contribution in [-0.2, 0) is 11.2 Å². The number of benzene rings is 1. The number of hydrogen-bond donors (Lipinski definition) is 0. The van der Waals surface area contributed by atoms with E-state index in [2.05, 4.69) is 6.92 Å². The van der Waals surface area contributed by atoms with E-state index in [1.165, 1.54) is 6.07 Å². The highest BCUT2D eigenvalue weighted by Gasteiger charge is 2.07. The van der Waals surface area contributed by atoms with Crippen molar-refractivity contribution in [3.8, 4) is 0 Å². The largest absolute Gasteiger partial charge is 0.298 e. The predicted molar refractivity (Wildman–Crippen MR) is 62.7 cm³/mol. The first kappa shape index (κ1) is 12.2. The molecule has 0 heterocycles. The van der Waals surface area contributed by atoms with Gasteiger partial charge in [-0.1, -0.05) is 25.1 Å². The smallest absolute Gasteiger partial charge is 0.147 e. The molecule has 0 radical (unpaired) electrons. The van der Waals surface area contributed by atoms with E-state index in [1.54, 1.807) is 30.0 Å². The molecule has 0 bridgehead atoms. The molecule has 1 aromatic carbocycles. The second-order valence-corrected chi connectivity index (χ2v) is 4.46. The van der Waals surface area contributed by atoms with Gasteiger partial charge in [-0.3, -0.25) is 4.79 Å². The van der Waals surface area contributed by atoms with Gasteiger partial charge in [0.2, 0.25) is 0 Å². The Morgan fingerprint density at radius 3 is 2.80 bits per heavy atom. The van der Waals surface area contributed by atoms with Gasteiger partial charge in [0, 0.05) is 6.42 Å². The maximum absolute atomic E-state index is 13.2. The quantitative estimate of drug-likeness (QED) is 0.693. The van der Waals surface area contributed by atoms with Crippen LogP contribution in [0, 0.1) is 5.82 Å². The van der Waals surface area contributed by atoms with Crippen LogP contribution in [-0.4, -0.2) is 17.3 Å². The Kier molecular flexibility index (Phi) is 5.40. The summed E-state index contributed by atoms with van der Waals surface area (Å²) in [4.78, 5) is 11.5. The van der Waals surface area contributed by atoms with E-state index >= 15 is 0 Å². The lowest BCUT2D eigenvalue weighted by Crippen LogP contribution is -2.07. The summed E-state index contributed by atoms with van der Waals surface area (Å²) in [5, 5.41) is 0. The normalized spacial score (nSPS) is 10.3. The van der Waals surface area contributed by atoms with Crippen LogP contribution in [0.2, 0.25) is 0 Å². The van der Waals surface area contributed by atoms with Gasteiger partial charge in [0.1, 0.15) is 11.6 Å². The zero-order valence-corrected chi connectivity index (χ0v) is 9.65. The number of rotatable bonds is 6. The summed E-state index contributed by atoms with van der Waals surface area (Å²) in [5.41, 5.74) is 0.500. The van der Waals surface area contributed by atoms with Crippen molar-refractivity contribution >= 4 is 17.5 Å². The third kappa shape index (κ3) is 4.47. The van der Waals surface area contributed by atoms with Gasteiger partial charge in [0.05, 0.1) is 5.75 Å². The molecule has 0 unspecified atom stereocenters. The van der Waals surface area contributed by atoms with Crippen LogP contribution in [0.3, 0.4) is 0 Å². The van der Waals surface area contributed by atoms with Crippen LogP contribution in [0.4, 0.5) is 4.39 Å². The van der Waals surface area contributed by atoms with Crippen molar-refractivity contribution in [3.63, 3.8) is 0 Å². The monoisotopic (exact) mass is 226 g/mol. The molecule has 1 aromatic rings. The average molecular weight is 226 g/mol. The second-order valence-electron chi connectivity index (χ2n) is 3.36. The molecule has 0 N–H and O–H groups in total. The van der Waals surface area contributed by atoms with Crippen molar-refractivity contribution in [2.75, 3.05) is 11.5 Å². The van der Waals surface area contributed by atoms with Crippen LogP contribution < -0.4 is 0 Å². The first-order chi connectivity index (χ1) is 7.24. The molecule has 15 heavy (non-hydrogen) atoms. The first-order valence-electron chi connectivity index (χ1n) is 5.07. The number of Topliss-reactive ketones (excluding diaryl/α,β-unsaturated/α-hetero) is 1. The summed E-state index contributed by atoms with van der Waals surface area (Å²) >= 11 is 1.61. The van der Waals surface area contributed by atoms with Gasteiger partial charge in [-0.2, -0.15) is 11.8 Å². The van der Waals surface area contributed by atoms with E-state index in [-0.39, 0.29) is 18.0 Å². The summed E-state index contributed by atoms with van der Waals surface area (Å²) in [6.07, 6.45) is 1.28. The van der Waals surface area contributed by atoms with Gasteiger partial charge in [-0.25, -0.2) is 4.39 Å². The molecule has 0 atom stereocenters. The molecule has 0 fully saturated rings. The lowest BCUT2D eigenvalue weighted by molar-refractivity contribution is -0.116. The fourth-order valence-electron chi connectivity index (χ4n) is 1.24. The van der Waals surface area contributed by atoms with Gasteiger partial charge < -0.3 is 0 Å². The lowest BCUT2D eigenvalue weighted by Gasteiger charge is -2.02. The van der Waals surface area contributed by atoms with Crippen LogP contribution >= 0.6 is 11.8 Å². The number of carbonyl (C=O) groups is 1. The van der Waals surface area contributed by atoms with Gasteiger partial charge in [0.15, 0.2) is 0 Å². The third-order valence-corrected chi connectivity index (χ3v) is 3.18. The molecule has 1 rings (SSSR count). The predicted octanol–water partition coefficient (Wildman–Crippen LogP) is 3.08. The van der Waals surface area contributed by atoms with Crippen molar-refractivity contribution < 1.29 is 9.18 Å². The zero-order valence-electron chi connectivity index (χ0n) is 8.83. The standard InChI is InChI=1S/C12H15FOS/c1-2-7-15-9-11(14)8-10-5-3-4-6-12(10)13/h3-6H,2,7-9H2,1H3. The van der Waals surface area contributed by atoms with Gasteiger partial charge in [-0.15, -0.1) is 0 Å². The maximum Gasteiger partial charge on any atom is 0.147 e. The molecular formula is C12H15FOS. The van der Waals surface area contributed by atoms with Crippen LogP contribution in [0.1, 0.15) is 18.9 Å². The van der Waals surface area contributed by atoms with Crippen molar-refractivity contribution in [1.29, 1.82) is 0 Å². The number of hydrogen-bond acceptors (Lipinski definition) is 2. The molecule has 1 nitrogen and oxygen atoms in total. The van der Waals surface area contributed by atoms with Crippen LogP contribution in [0.15, 0.2) is 24.3 Å². The summed E-state index contributed by atoms with van der Waals surface area (Å²) in [6, 6.07) is 6.44. The van der Waals surface area contributed by atoms with Crippen molar-refractivity contribution in [2.45, 2.75) is 19.8 Å². The van der Waals surface area contributed by atoms with Gasteiger partial charge >= 0.3 is 0 Å². The molecule has 0 spiro atoms. The highest BCUT2D eigenvalue weighted by atomic mass is 32.2. The molecule has 0 aliphatic carbocycles. The van der Waals surface area contributed by atoms with Gasteiger partial charge in [-0.05, 0) is 23.8 Å². The zero-order chi connectivity index (χ0) is 11.1. The molecule has 0 amide bonds. The summed E-state index contributed by atoms with van der Waals surface area (Å²) in [5.74, 6) is 1.29. The lowest BCUT2D eigenvalue weighted by atomic mass is 10.1. The highest BCUT2D eigenvalue weighted by Crippen LogP contribution is 2.10. The number of halogens is 1. The fourth-order valence-corrected chi connectivity index (χ4v) is 2.00. The van der Waals surface area contributed by atoms with E-state index in [0.717, 1.165) is 12.2 Å². The topological polar surface area (TPSA) is 17.1 Å². The Morgan fingerprint density at radius 1 is 1.40 bits per heavy atom. The maximum atomic E-state index is 13.2. The molecule has 3 heteroatoms. The summed E-state index contributed by atoms with van der Waals surface area (Å²) in [7, 11) is 0. The SMILES string of the molecule is CCCSCC(=O)Cc1ccccc1F. The Labute approximate surface area is 94.1 Å². The van der Waals surface area contributed by atoms with E-state index in [0.29, 0.717) is 11.3 Å². The van der Waals surface area contributed by atoms with E-state index in [9.17, 15) is 9.18 Å². The second kappa shape index (κ2) is 6.62. The Hall–Kier alpha value is -0.830. The highest BCUT2D eigenvalue weighted by molar-refractivity contribution is 7.99. The van der Waals surface area contributed by atoms with Crippen molar-refractivity contribution in [1.82, 2.24) is 0 Å². The molecular weight excluding hydrogens is 211 g/mol. The Balaban J connectivity index is 2.41. The van der Waals surface area contributed by atoms with Crippen LogP contribution in [0.25, 0.3) is 0 Å². The number of thioether (sulfide) groups is 1. The minimum Gasteiger partial charge on any atom is -0.298 e. The average Bonchev–Trinajstić information content (AvgIpc) is 2.22. The van der Waals surface area contributed by atoms with E-state index < -0.39 is 0 Å². The van der Waals surface area contributed by atoms with Gasteiger partial charge in [0.25, 0.3) is 0 Å². The molecule has 82 valence electrons. The van der Waals surface area contributed by atoms with E-state index in [1.807, 2.05) is 0 Å². The molecule has 0 aromatic heterocycles. The number of ketones is 1. The molecule has 0 saturated carbocycles. The van der Waals surface area contributed by atoms with E-state index in [4.69, 9.17) is 0 Å². The van der Waals surface area contributed by atoms with Crippen molar-refractivity contribution in [3.05, 3.63) is 35.6 Å². The molecule has 0 aliphatic rings.